The van der Waals surface area contributed by atoms with E-state index < -0.39 is 17.4 Å². The van der Waals surface area contributed by atoms with Crippen molar-refractivity contribution in [3.63, 3.8) is 0 Å². The molecule has 0 aromatic carbocycles. The Balaban J connectivity index is 1.83. The zero-order valence-electron chi connectivity index (χ0n) is 10.7. The number of carboxylic acid groups (broad SMARTS) is 1. The molecule has 4 N–H and O–H groups in total. The summed E-state index contributed by atoms with van der Waals surface area (Å²) >= 11 is 0. The van der Waals surface area contributed by atoms with Crippen LogP contribution in [0.1, 0.15) is 25.7 Å². The minimum atomic E-state index is -0.852. The molecule has 3 amide bonds. The first-order valence-corrected chi connectivity index (χ1v) is 6.50. The van der Waals surface area contributed by atoms with Crippen molar-refractivity contribution in [3.8, 4) is 0 Å². The van der Waals surface area contributed by atoms with Gasteiger partial charge >= 0.3 is 12.0 Å². The maximum Gasteiger partial charge on any atom is 0.314 e. The highest BCUT2D eigenvalue weighted by molar-refractivity contribution is 5.83. The van der Waals surface area contributed by atoms with Crippen LogP contribution in [0.2, 0.25) is 0 Å². The molecule has 1 saturated carbocycles. The second-order valence-corrected chi connectivity index (χ2v) is 5.43. The molecule has 0 spiro atoms. The monoisotopic (exact) mass is 269 g/mol. The Morgan fingerprint density at radius 2 is 2.05 bits per heavy atom. The maximum atomic E-state index is 12.0. The Labute approximate surface area is 111 Å². The van der Waals surface area contributed by atoms with Crippen molar-refractivity contribution < 1.29 is 19.5 Å². The molecule has 1 unspecified atom stereocenters. The van der Waals surface area contributed by atoms with Crippen LogP contribution in [-0.4, -0.2) is 47.5 Å². The van der Waals surface area contributed by atoms with Gasteiger partial charge in [0.1, 0.15) is 0 Å². The molecule has 0 aromatic rings. The topological polar surface area (TPSA) is 113 Å². The van der Waals surface area contributed by atoms with Crippen LogP contribution in [0, 0.1) is 11.3 Å². The lowest BCUT2D eigenvalue weighted by molar-refractivity contribution is -0.143. The summed E-state index contributed by atoms with van der Waals surface area (Å²) in [5.74, 6) is -1.32. The number of primary amides is 1. The third-order valence-electron chi connectivity index (χ3n) is 4.01. The average molecular weight is 269 g/mol. The molecule has 0 aromatic heterocycles. The molecule has 2 aliphatic rings. The number of aliphatic carboxylic acids is 1. The van der Waals surface area contributed by atoms with Crippen molar-refractivity contribution >= 4 is 17.9 Å². The second-order valence-electron chi connectivity index (χ2n) is 5.43. The molecule has 7 heteroatoms. The number of urea groups is 1. The van der Waals surface area contributed by atoms with Gasteiger partial charge in [-0.05, 0) is 25.7 Å². The highest BCUT2D eigenvalue weighted by atomic mass is 16.4. The fourth-order valence-electron chi connectivity index (χ4n) is 2.41. The first-order valence-electron chi connectivity index (χ1n) is 6.50. The lowest BCUT2D eigenvalue weighted by Crippen LogP contribution is -2.48. The van der Waals surface area contributed by atoms with Crippen LogP contribution in [0.15, 0.2) is 0 Å². The highest BCUT2D eigenvalue weighted by Gasteiger charge is 2.50. The van der Waals surface area contributed by atoms with Gasteiger partial charge < -0.3 is 21.1 Å². The van der Waals surface area contributed by atoms with E-state index in [2.05, 4.69) is 5.32 Å². The molecule has 1 heterocycles. The van der Waals surface area contributed by atoms with Crippen LogP contribution < -0.4 is 11.1 Å². The Kier molecular flexibility index (Phi) is 3.64. The summed E-state index contributed by atoms with van der Waals surface area (Å²) in [7, 11) is 0. The number of amides is 3. The molecule has 0 bridgehead atoms. The van der Waals surface area contributed by atoms with Crippen LogP contribution in [-0.2, 0) is 9.59 Å². The molecular weight excluding hydrogens is 250 g/mol. The van der Waals surface area contributed by atoms with E-state index in [0.29, 0.717) is 32.4 Å². The van der Waals surface area contributed by atoms with E-state index in [9.17, 15) is 14.4 Å². The minimum absolute atomic E-state index is 0.175. The molecule has 2 fully saturated rings. The number of hydrogen-bond acceptors (Lipinski definition) is 3. The summed E-state index contributed by atoms with van der Waals surface area (Å²) in [5.41, 5.74) is 4.44. The van der Waals surface area contributed by atoms with E-state index in [1.54, 1.807) is 0 Å². The van der Waals surface area contributed by atoms with Gasteiger partial charge in [-0.25, -0.2) is 4.79 Å². The van der Waals surface area contributed by atoms with Gasteiger partial charge in [0.2, 0.25) is 5.91 Å². The smallest absolute Gasteiger partial charge is 0.314 e. The van der Waals surface area contributed by atoms with Gasteiger partial charge in [-0.1, -0.05) is 0 Å². The van der Waals surface area contributed by atoms with Crippen LogP contribution in [0.5, 0.6) is 0 Å². The summed E-state index contributed by atoms with van der Waals surface area (Å²) < 4.78 is 0. The lowest BCUT2D eigenvalue weighted by Gasteiger charge is -2.30. The molecule has 2 rings (SSSR count). The SMILES string of the molecule is NC(=O)N1CCCC(C(=O)NCC2(C(=O)O)CC2)C1. The van der Waals surface area contributed by atoms with Crippen LogP contribution in [0.4, 0.5) is 4.79 Å². The summed E-state index contributed by atoms with van der Waals surface area (Å²) in [5, 5.41) is 11.7. The molecule has 1 aliphatic heterocycles. The number of nitrogens with zero attached hydrogens (tertiary/aromatic N) is 1. The first kappa shape index (κ1) is 13.6. The highest BCUT2D eigenvalue weighted by Crippen LogP contribution is 2.45. The van der Waals surface area contributed by atoms with Crippen molar-refractivity contribution in [2.24, 2.45) is 17.1 Å². The lowest BCUT2D eigenvalue weighted by atomic mass is 9.97. The number of carbonyl (C=O) groups excluding carboxylic acids is 2. The van der Waals surface area contributed by atoms with E-state index in [1.165, 1.54) is 4.90 Å². The van der Waals surface area contributed by atoms with Crippen molar-refractivity contribution in [1.29, 1.82) is 0 Å². The van der Waals surface area contributed by atoms with Gasteiger partial charge in [0.05, 0.1) is 11.3 Å². The van der Waals surface area contributed by atoms with E-state index in [0.717, 1.165) is 6.42 Å². The zero-order valence-corrected chi connectivity index (χ0v) is 10.7. The molecule has 1 aliphatic carbocycles. The fraction of sp³-hybridized carbons (Fsp3) is 0.750. The maximum absolute atomic E-state index is 12.0. The van der Waals surface area contributed by atoms with E-state index in [1.807, 2.05) is 0 Å². The van der Waals surface area contributed by atoms with Crippen LogP contribution in [0.3, 0.4) is 0 Å². The Bertz CT molecular complexity index is 406. The number of carboxylic acids is 1. The largest absolute Gasteiger partial charge is 0.481 e. The quantitative estimate of drug-likeness (QED) is 0.653. The standard InChI is InChI=1S/C12H19N3O4/c13-11(19)15-5-1-2-8(6-15)9(16)14-7-12(3-4-12)10(17)18/h8H,1-7H2,(H2,13,19)(H,14,16)(H,17,18). The fourth-order valence-corrected chi connectivity index (χ4v) is 2.41. The van der Waals surface area contributed by atoms with E-state index in [4.69, 9.17) is 10.8 Å². The Hall–Kier alpha value is -1.79. The zero-order chi connectivity index (χ0) is 14.0. The number of carbonyl (C=O) groups is 3. The van der Waals surface area contributed by atoms with Gasteiger partial charge in [0, 0.05) is 19.6 Å². The minimum Gasteiger partial charge on any atom is -0.481 e. The van der Waals surface area contributed by atoms with Gasteiger partial charge in [0.25, 0.3) is 0 Å². The molecule has 106 valence electrons. The number of likely N-dealkylation sites (tertiary alicyclic amines) is 1. The Morgan fingerprint density at radius 1 is 1.37 bits per heavy atom. The Morgan fingerprint density at radius 3 is 2.58 bits per heavy atom. The molecule has 7 nitrogen and oxygen atoms in total. The van der Waals surface area contributed by atoms with Gasteiger partial charge in [-0.3, -0.25) is 9.59 Å². The van der Waals surface area contributed by atoms with Crippen molar-refractivity contribution in [3.05, 3.63) is 0 Å². The summed E-state index contributed by atoms with van der Waals surface area (Å²) in [6.45, 7) is 1.08. The third-order valence-corrected chi connectivity index (χ3v) is 4.01. The number of nitrogens with one attached hydrogen (secondary N) is 1. The molecule has 19 heavy (non-hydrogen) atoms. The molecule has 1 atom stereocenters. The number of nitrogens with two attached hydrogens (primary N) is 1. The number of hydrogen-bond donors (Lipinski definition) is 3. The predicted molar refractivity (Wildman–Crippen MR) is 66.2 cm³/mol. The third kappa shape index (κ3) is 2.97. The average Bonchev–Trinajstić information content (AvgIpc) is 3.17. The second kappa shape index (κ2) is 5.07. The van der Waals surface area contributed by atoms with Gasteiger partial charge in [-0.15, -0.1) is 0 Å². The number of piperidine rings is 1. The molecule has 0 radical (unpaired) electrons. The first-order chi connectivity index (χ1) is 8.94. The van der Waals surface area contributed by atoms with Crippen molar-refractivity contribution in [2.75, 3.05) is 19.6 Å². The predicted octanol–water partition coefficient (Wildman–Crippen LogP) is -0.242. The summed E-state index contributed by atoms with van der Waals surface area (Å²) in [6, 6.07) is -0.512. The summed E-state index contributed by atoms with van der Waals surface area (Å²) in [4.78, 5) is 35.5. The van der Waals surface area contributed by atoms with Crippen LogP contribution >= 0.6 is 0 Å². The van der Waals surface area contributed by atoms with Crippen molar-refractivity contribution in [1.82, 2.24) is 10.2 Å². The normalized spacial score (nSPS) is 24.6. The van der Waals surface area contributed by atoms with E-state index in [-0.39, 0.29) is 18.4 Å². The molecule has 1 saturated heterocycles. The van der Waals surface area contributed by atoms with Gasteiger partial charge in [-0.2, -0.15) is 0 Å². The van der Waals surface area contributed by atoms with Crippen molar-refractivity contribution in [2.45, 2.75) is 25.7 Å². The van der Waals surface area contributed by atoms with E-state index >= 15 is 0 Å². The number of rotatable bonds is 4. The van der Waals surface area contributed by atoms with Crippen LogP contribution in [0.25, 0.3) is 0 Å². The summed E-state index contributed by atoms with van der Waals surface area (Å²) in [6.07, 6.45) is 2.67. The molecular formula is C12H19N3O4. The van der Waals surface area contributed by atoms with Gasteiger partial charge in [0.15, 0.2) is 0 Å².